The van der Waals surface area contributed by atoms with Crippen molar-refractivity contribution in [2.45, 2.75) is 130 Å². The van der Waals surface area contributed by atoms with E-state index in [9.17, 15) is 4.79 Å². The summed E-state index contributed by atoms with van der Waals surface area (Å²) in [4.78, 5) is 13.0. The first kappa shape index (κ1) is 31.0. The van der Waals surface area contributed by atoms with Crippen LogP contribution in [0, 0.1) is 52.3 Å². The van der Waals surface area contributed by atoms with E-state index in [1.807, 2.05) is 30.3 Å². The number of nitrogens with two attached hydrogens (primary N) is 1. The molecule has 0 saturated heterocycles. The van der Waals surface area contributed by atoms with Crippen molar-refractivity contribution in [1.82, 2.24) is 5.32 Å². The molecule has 0 heterocycles. The molecule has 0 aliphatic heterocycles. The van der Waals surface area contributed by atoms with Gasteiger partial charge >= 0.3 is 0 Å². The summed E-state index contributed by atoms with van der Waals surface area (Å²) in [5.74, 6) is 6.05. The van der Waals surface area contributed by atoms with Gasteiger partial charge in [0.05, 0.1) is 13.2 Å². The fourth-order valence-corrected chi connectivity index (χ4v) is 10.7. The number of benzene rings is 1. The Morgan fingerprint density at radius 2 is 1.68 bits per heavy atom. The van der Waals surface area contributed by atoms with Gasteiger partial charge in [-0.15, -0.1) is 0 Å². The molecule has 1 unspecified atom stereocenters. The molecule has 0 bridgehead atoms. The lowest BCUT2D eigenvalue weighted by atomic mass is 9.44. The lowest BCUT2D eigenvalue weighted by Gasteiger charge is -2.61. The zero-order valence-corrected chi connectivity index (χ0v) is 26.9. The van der Waals surface area contributed by atoms with E-state index in [1.165, 1.54) is 64.2 Å². The van der Waals surface area contributed by atoms with Crippen molar-refractivity contribution in [3.63, 3.8) is 0 Å². The number of rotatable bonds is 11. The molecule has 5 rings (SSSR count). The largest absolute Gasteiger partial charge is 0.375 e. The summed E-state index contributed by atoms with van der Waals surface area (Å²) >= 11 is 0. The van der Waals surface area contributed by atoms with E-state index in [4.69, 9.17) is 10.5 Å². The van der Waals surface area contributed by atoms with Gasteiger partial charge in [0.25, 0.3) is 0 Å². The van der Waals surface area contributed by atoms with Gasteiger partial charge in [-0.3, -0.25) is 4.79 Å². The Balaban J connectivity index is 1.13. The second-order valence-electron chi connectivity index (χ2n) is 15.8. The molecule has 3 N–H and O–H groups in total. The van der Waals surface area contributed by atoms with Crippen LogP contribution in [-0.4, -0.2) is 24.6 Å². The second-order valence-corrected chi connectivity index (χ2v) is 15.8. The smallest absolute Gasteiger partial charge is 0.239 e. The van der Waals surface area contributed by atoms with Crippen molar-refractivity contribution in [3.8, 4) is 0 Å². The molecule has 1 aromatic rings. The van der Waals surface area contributed by atoms with Gasteiger partial charge in [0.1, 0.15) is 6.04 Å². The van der Waals surface area contributed by atoms with Crippen molar-refractivity contribution in [2.24, 2.45) is 58.0 Å². The van der Waals surface area contributed by atoms with Gasteiger partial charge in [-0.25, -0.2) is 0 Å². The maximum atomic E-state index is 13.0. The highest BCUT2D eigenvalue weighted by Gasteiger charge is 2.60. The van der Waals surface area contributed by atoms with Gasteiger partial charge in [0, 0.05) is 6.04 Å². The van der Waals surface area contributed by atoms with E-state index in [0.717, 1.165) is 59.8 Å². The normalized spacial score (nSPS) is 38.0. The summed E-state index contributed by atoms with van der Waals surface area (Å²) in [5, 5.41) is 3.33. The SMILES string of the molecule is CC(C)CCC[C@@H](C)[C@H]1CC[C@H]2[C@@H]3CCC4C[C@H](NC(=O)[C@@H](N)COCc5ccccc5)CC[C@]4(C)[C@H]3CC[C@]12C. The molecule has 1 amide bonds. The van der Waals surface area contributed by atoms with Crippen LogP contribution < -0.4 is 11.1 Å². The minimum Gasteiger partial charge on any atom is -0.375 e. The van der Waals surface area contributed by atoms with E-state index in [1.54, 1.807) is 0 Å². The maximum absolute atomic E-state index is 13.0. The average molecular weight is 565 g/mol. The highest BCUT2D eigenvalue weighted by Crippen LogP contribution is 2.68. The molecular weight excluding hydrogens is 504 g/mol. The van der Waals surface area contributed by atoms with E-state index < -0.39 is 6.04 Å². The molecule has 0 radical (unpaired) electrons. The lowest BCUT2D eigenvalue weighted by molar-refractivity contribution is -0.130. The number of hydrogen-bond acceptors (Lipinski definition) is 3. The summed E-state index contributed by atoms with van der Waals surface area (Å²) in [6.45, 7) is 13.4. The van der Waals surface area contributed by atoms with Gasteiger partial charge < -0.3 is 15.8 Å². The van der Waals surface area contributed by atoms with Crippen LogP contribution in [0.1, 0.15) is 117 Å². The molecule has 230 valence electrons. The molecule has 41 heavy (non-hydrogen) atoms. The number of ether oxygens (including phenoxy) is 1. The van der Waals surface area contributed by atoms with Gasteiger partial charge in [0.15, 0.2) is 0 Å². The summed E-state index contributed by atoms with van der Waals surface area (Å²) in [5.41, 5.74) is 8.35. The number of hydrogen-bond donors (Lipinski definition) is 2. The van der Waals surface area contributed by atoms with E-state index in [0.29, 0.717) is 17.4 Å². The van der Waals surface area contributed by atoms with Gasteiger partial charge in [-0.1, -0.05) is 84.2 Å². The van der Waals surface area contributed by atoms with E-state index in [-0.39, 0.29) is 18.6 Å². The third kappa shape index (κ3) is 6.59. The number of carbonyl (C=O) groups excluding carboxylic acids is 1. The number of carbonyl (C=O) groups is 1. The monoisotopic (exact) mass is 564 g/mol. The predicted octanol–water partition coefficient (Wildman–Crippen LogP) is 8.14. The molecule has 4 nitrogen and oxygen atoms in total. The lowest BCUT2D eigenvalue weighted by Crippen LogP contribution is -2.56. The maximum Gasteiger partial charge on any atom is 0.239 e. The predicted molar refractivity (Wildman–Crippen MR) is 169 cm³/mol. The van der Waals surface area contributed by atoms with Crippen LogP contribution in [0.15, 0.2) is 30.3 Å². The molecule has 0 aromatic heterocycles. The molecule has 4 fully saturated rings. The summed E-state index contributed by atoms with van der Waals surface area (Å²) in [7, 11) is 0. The third-order valence-corrected chi connectivity index (χ3v) is 13.0. The minimum absolute atomic E-state index is 0.0479. The fraction of sp³-hybridized carbons (Fsp3) is 0.811. The molecular formula is C37H60N2O2. The quantitative estimate of drug-likeness (QED) is 0.285. The van der Waals surface area contributed by atoms with Gasteiger partial charge in [0.2, 0.25) is 5.91 Å². The molecule has 0 spiro atoms. The van der Waals surface area contributed by atoms with Crippen LogP contribution >= 0.6 is 0 Å². The van der Waals surface area contributed by atoms with Crippen LogP contribution in [0.4, 0.5) is 0 Å². The number of amides is 1. The zero-order valence-electron chi connectivity index (χ0n) is 26.9. The average Bonchev–Trinajstić information content (AvgIpc) is 3.31. The van der Waals surface area contributed by atoms with Crippen LogP contribution in [0.5, 0.6) is 0 Å². The van der Waals surface area contributed by atoms with E-state index >= 15 is 0 Å². The van der Waals surface area contributed by atoms with Crippen molar-refractivity contribution in [3.05, 3.63) is 35.9 Å². The van der Waals surface area contributed by atoms with Crippen molar-refractivity contribution < 1.29 is 9.53 Å². The first-order valence-electron chi connectivity index (χ1n) is 17.3. The van der Waals surface area contributed by atoms with Crippen LogP contribution in [0.25, 0.3) is 0 Å². The van der Waals surface area contributed by atoms with Gasteiger partial charge in [-0.2, -0.15) is 0 Å². The second kappa shape index (κ2) is 13.1. The Morgan fingerprint density at radius 3 is 2.44 bits per heavy atom. The van der Waals surface area contributed by atoms with Crippen molar-refractivity contribution in [1.29, 1.82) is 0 Å². The molecule has 4 saturated carbocycles. The minimum atomic E-state index is -0.609. The first-order chi connectivity index (χ1) is 19.6. The Morgan fingerprint density at radius 1 is 0.951 bits per heavy atom. The first-order valence-corrected chi connectivity index (χ1v) is 17.3. The molecule has 10 atom stereocenters. The van der Waals surface area contributed by atoms with Crippen LogP contribution in [-0.2, 0) is 16.1 Å². The molecule has 4 aliphatic rings. The van der Waals surface area contributed by atoms with Gasteiger partial charge in [-0.05, 0) is 116 Å². The van der Waals surface area contributed by atoms with Crippen LogP contribution in [0.3, 0.4) is 0 Å². The Hall–Kier alpha value is -1.39. The van der Waals surface area contributed by atoms with Crippen molar-refractivity contribution >= 4 is 5.91 Å². The van der Waals surface area contributed by atoms with Crippen molar-refractivity contribution in [2.75, 3.05) is 6.61 Å². The molecule has 4 heteroatoms. The Kier molecular flexibility index (Phi) is 9.91. The Labute approximate surface area is 251 Å². The highest BCUT2D eigenvalue weighted by atomic mass is 16.5. The van der Waals surface area contributed by atoms with Crippen LogP contribution in [0.2, 0.25) is 0 Å². The summed E-state index contributed by atoms with van der Waals surface area (Å²) in [6, 6.07) is 9.72. The zero-order chi connectivity index (χ0) is 29.2. The highest BCUT2D eigenvalue weighted by molar-refractivity contribution is 5.81. The Bertz CT molecular complexity index is 996. The molecule has 4 aliphatic carbocycles. The standard InChI is InChI=1S/C37H60N2O2/c1-25(2)10-9-11-26(3)31-16-17-32-30-15-14-28-22-29(18-20-36(28,4)33(30)19-21-37(31,32)5)39-35(40)34(38)24-41-23-27-12-7-6-8-13-27/h6-8,12-13,25-26,28-34H,9-11,14-24,38H2,1-5H3,(H,39,40)/t26-,28?,29-,30+,31-,32+,33+,34+,36+,37-/m1/s1. The number of fused-ring (bicyclic) bond motifs is 5. The summed E-state index contributed by atoms with van der Waals surface area (Å²) < 4.78 is 5.76. The molecule has 1 aromatic carbocycles. The third-order valence-electron chi connectivity index (χ3n) is 13.0. The topological polar surface area (TPSA) is 64.4 Å². The number of nitrogens with one attached hydrogen (secondary N) is 1. The summed E-state index contributed by atoms with van der Waals surface area (Å²) in [6.07, 6.45) is 16.3. The fourth-order valence-electron chi connectivity index (χ4n) is 10.7. The van der Waals surface area contributed by atoms with E-state index in [2.05, 4.69) is 39.9 Å².